The summed E-state index contributed by atoms with van der Waals surface area (Å²) in [5, 5.41) is 12.4. The van der Waals surface area contributed by atoms with Gasteiger partial charge in [0.2, 0.25) is 0 Å². The van der Waals surface area contributed by atoms with Crippen LogP contribution in [0.1, 0.15) is 68.6 Å². The molecule has 2 atom stereocenters. The molecule has 0 aliphatic heterocycles. The first-order valence-electron chi connectivity index (χ1n) is 8.15. The number of carbonyl (C=O) groups is 1. The van der Waals surface area contributed by atoms with Gasteiger partial charge in [0.05, 0.1) is 23.7 Å². The van der Waals surface area contributed by atoms with Gasteiger partial charge in [0, 0.05) is 11.8 Å². The minimum absolute atomic E-state index is 0.0784. The van der Waals surface area contributed by atoms with Crippen molar-refractivity contribution in [1.29, 1.82) is 0 Å². The summed E-state index contributed by atoms with van der Waals surface area (Å²) >= 11 is -0.0570. The van der Waals surface area contributed by atoms with Gasteiger partial charge in [-0.3, -0.25) is 0 Å². The van der Waals surface area contributed by atoms with Crippen LogP contribution in [0.4, 0.5) is 0 Å². The number of unbranched alkanes of at least 4 members (excludes halogenated alkanes) is 1. The lowest BCUT2D eigenvalue weighted by molar-refractivity contribution is 0.0519. The molecule has 0 aliphatic rings. The van der Waals surface area contributed by atoms with Crippen molar-refractivity contribution in [3.05, 3.63) is 16.1 Å². The second kappa shape index (κ2) is 10.8. The molecule has 0 aromatic carbocycles. The molecule has 1 aromatic heterocycles. The summed E-state index contributed by atoms with van der Waals surface area (Å²) in [6, 6.07) is 0. The number of aromatic nitrogens is 1. The van der Waals surface area contributed by atoms with Crippen molar-refractivity contribution in [3.63, 3.8) is 0 Å². The van der Waals surface area contributed by atoms with E-state index in [1.54, 1.807) is 12.3 Å². The van der Waals surface area contributed by atoms with Crippen LogP contribution in [0.25, 0.3) is 0 Å². The second-order valence-corrected chi connectivity index (χ2v) is 7.75. The first-order valence-corrected chi connectivity index (χ1v) is 10.3. The lowest BCUT2D eigenvalue weighted by Crippen LogP contribution is -2.16. The van der Waals surface area contributed by atoms with Crippen LogP contribution in [-0.2, 0) is 16.1 Å². The van der Waals surface area contributed by atoms with Crippen LogP contribution in [0.5, 0.6) is 0 Å². The highest BCUT2D eigenvalue weighted by Gasteiger charge is 2.21. The standard InChI is InChI=1S/C16H26N2O4S2/c1-5-7-8-24(21)18-12(11(3)4)9-14(19)15-17-13(10-23-15)16(20)22-6-2/h10-11,14,19H,5-9H2,1-4H3/t14-,24?/m1/s1. The van der Waals surface area contributed by atoms with E-state index in [1.807, 2.05) is 20.8 Å². The lowest BCUT2D eigenvalue weighted by Gasteiger charge is -2.13. The van der Waals surface area contributed by atoms with E-state index in [2.05, 4.69) is 9.38 Å². The Morgan fingerprint density at radius 2 is 2.21 bits per heavy atom. The van der Waals surface area contributed by atoms with Crippen molar-refractivity contribution < 1.29 is 19.2 Å². The Morgan fingerprint density at radius 3 is 2.79 bits per heavy atom. The van der Waals surface area contributed by atoms with Crippen molar-refractivity contribution >= 4 is 34.4 Å². The summed E-state index contributed by atoms with van der Waals surface area (Å²) in [4.78, 5) is 15.8. The molecule has 0 saturated heterocycles. The van der Waals surface area contributed by atoms with Gasteiger partial charge in [-0.15, -0.1) is 11.3 Å². The summed E-state index contributed by atoms with van der Waals surface area (Å²) in [5.74, 6) is 0.118. The molecular formula is C16H26N2O4S2. The molecule has 0 saturated carbocycles. The molecule has 24 heavy (non-hydrogen) atoms. The van der Waals surface area contributed by atoms with Crippen molar-refractivity contribution in [2.75, 3.05) is 12.4 Å². The highest BCUT2D eigenvalue weighted by atomic mass is 32.2. The zero-order chi connectivity index (χ0) is 18.1. The van der Waals surface area contributed by atoms with Gasteiger partial charge in [-0.2, -0.15) is 0 Å². The summed E-state index contributed by atoms with van der Waals surface area (Å²) in [5.41, 5.74) is 0.898. The number of nitrogens with zero attached hydrogens (tertiary/aromatic N) is 2. The van der Waals surface area contributed by atoms with E-state index in [9.17, 15) is 14.5 Å². The molecule has 6 nitrogen and oxygen atoms in total. The number of rotatable bonds is 10. The fraction of sp³-hybridized carbons (Fsp3) is 0.688. The van der Waals surface area contributed by atoms with Crippen LogP contribution in [0.15, 0.2) is 9.78 Å². The van der Waals surface area contributed by atoms with Crippen LogP contribution in [0.3, 0.4) is 0 Å². The quantitative estimate of drug-likeness (QED) is 0.385. The summed E-state index contributed by atoms with van der Waals surface area (Å²) in [6.45, 7) is 7.95. The Bertz CT molecular complexity index is 546. The summed E-state index contributed by atoms with van der Waals surface area (Å²) in [6.07, 6.45) is 1.21. The number of hydrogen-bond acceptors (Lipinski definition) is 7. The van der Waals surface area contributed by atoms with Gasteiger partial charge < -0.3 is 14.4 Å². The zero-order valence-electron chi connectivity index (χ0n) is 14.7. The molecule has 1 rings (SSSR count). The predicted octanol–water partition coefficient (Wildman–Crippen LogP) is 3.30. The minimum Gasteiger partial charge on any atom is -0.591 e. The molecule has 8 heteroatoms. The molecule has 0 bridgehead atoms. The fourth-order valence-electron chi connectivity index (χ4n) is 1.85. The van der Waals surface area contributed by atoms with Crippen LogP contribution >= 0.6 is 11.3 Å². The Morgan fingerprint density at radius 1 is 1.50 bits per heavy atom. The van der Waals surface area contributed by atoms with Gasteiger partial charge in [0.1, 0.15) is 16.9 Å². The Balaban J connectivity index is 2.76. The zero-order valence-corrected chi connectivity index (χ0v) is 16.3. The monoisotopic (exact) mass is 374 g/mol. The molecular weight excluding hydrogens is 348 g/mol. The van der Waals surface area contributed by atoms with Gasteiger partial charge in [-0.25, -0.2) is 9.78 Å². The average molecular weight is 375 g/mol. The third kappa shape index (κ3) is 6.88. The number of carbonyl (C=O) groups excluding carboxylic acids is 1. The number of aliphatic hydroxyl groups excluding tert-OH is 1. The second-order valence-electron chi connectivity index (χ2n) is 5.63. The molecule has 1 N–H and O–H groups in total. The lowest BCUT2D eigenvalue weighted by atomic mass is 10.0. The Hall–Kier alpha value is -0.960. The first kappa shape index (κ1) is 21.1. The van der Waals surface area contributed by atoms with Crippen LogP contribution in [-0.4, -0.2) is 38.7 Å². The third-order valence-corrected chi connectivity index (χ3v) is 5.27. The van der Waals surface area contributed by atoms with Gasteiger partial charge >= 0.3 is 5.97 Å². The van der Waals surface area contributed by atoms with E-state index in [0.29, 0.717) is 16.5 Å². The smallest absolute Gasteiger partial charge is 0.357 e. The van der Waals surface area contributed by atoms with Crippen molar-refractivity contribution in [2.24, 2.45) is 10.3 Å². The van der Waals surface area contributed by atoms with E-state index in [4.69, 9.17) is 4.74 Å². The van der Waals surface area contributed by atoms with E-state index < -0.39 is 23.4 Å². The highest BCUT2D eigenvalue weighted by molar-refractivity contribution is 7.90. The summed E-state index contributed by atoms with van der Waals surface area (Å²) < 4.78 is 21.1. The third-order valence-electron chi connectivity index (χ3n) is 3.25. The topological polar surface area (TPSA) is 94.8 Å². The Kier molecular flexibility index (Phi) is 9.50. The largest absolute Gasteiger partial charge is 0.591 e. The first-order chi connectivity index (χ1) is 11.4. The van der Waals surface area contributed by atoms with Gasteiger partial charge in [0.15, 0.2) is 5.69 Å². The number of ether oxygens (including phenoxy) is 1. The fourth-order valence-corrected chi connectivity index (χ4v) is 3.79. The predicted molar refractivity (Wildman–Crippen MR) is 97.8 cm³/mol. The number of thiazole rings is 1. The molecule has 0 spiro atoms. The van der Waals surface area contributed by atoms with E-state index in [0.717, 1.165) is 12.8 Å². The molecule has 1 unspecified atom stereocenters. The van der Waals surface area contributed by atoms with Crippen LogP contribution in [0.2, 0.25) is 0 Å². The van der Waals surface area contributed by atoms with Gasteiger partial charge in [0.25, 0.3) is 0 Å². The molecule has 0 radical (unpaired) electrons. The van der Waals surface area contributed by atoms with E-state index in [-0.39, 0.29) is 24.6 Å². The molecule has 1 heterocycles. The number of aliphatic hydroxyl groups is 1. The van der Waals surface area contributed by atoms with E-state index in [1.165, 1.54) is 11.3 Å². The maximum Gasteiger partial charge on any atom is 0.357 e. The number of hydrogen-bond donors (Lipinski definition) is 1. The van der Waals surface area contributed by atoms with Gasteiger partial charge in [-0.05, 0) is 19.3 Å². The maximum absolute atomic E-state index is 12.0. The normalized spacial score (nSPS) is 14.7. The maximum atomic E-state index is 12.0. The van der Waals surface area contributed by atoms with Crippen molar-refractivity contribution in [2.45, 2.75) is 53.1 Å². The number of esters is 1. The van der Waals surface area contributed by atoms with Crippen molar-refractivity contribution in [1.82, 2.24) is 4.98 Å². The van der Waals surface area contributed by atoms with Crippen LogP contribution < -0.4 is 0 Å². The summed E-state index contributed by atoms with van der Waals surface area (Å²) in [7, 11) is 0. The minimum atomic E-state index is -1.26. The SMILES string of the molecule is CCCC[S+]([O-])N=C(C[C@@H](O)c1nc(C(=O)OCC)cs1)C(C)C. The molecule has 0 fully saturated rings. The van der Waals surface area contributed by atoms with E-state index >= 15 is 0 Å². The molecule has 1 aromatic rings. The highest BCUT2D eigenvalue weighted by Crippen LogP contribution is 2.24. The average Bonchev–Trinajstić information content (AvgIpc) is 3.02. The van der Waals surface area contributed by atoms with Crippen LogP contribution in [0, 0.1) is 5.92 Å². The Labute approximate surface area is 150 Å². The van der Waals surface area contributed by atoms with Gasteiger partial charge in [-0.1, -0.05) is 31.6 Å². The van der Waals surface area contributed by atoms with Crippen molar-refractivity contribution in [3.8, 4) is 0 Å². The molecule has 0 amide bonds. The molecule has 136 valence electrons. The molecule has 0 aliphatic carbocycles.